The van der Waals surface area contributed by atoms with E-state index < -0.39 is 10.8 Å². The Balaban J connectivity index is 0.698. The first kappa shape index (κ1) is 67.4. The minimum absolute atomic E-state index is 0.505. The molecule has 0 aromatic heterocycles. The van der Waals surface area contributed by atoms with E-state index in [0.717, 1.165) is 67.5 Å². The zero-order chi connectivity index (χ0) is 75.0. The fraction of sp³-hybridized carbons (Fsp3) is 0.0545. The Kier molecular flexibility index (Phi) is 16.6. The summed E-state index contributed by atoms with van der Waals surface area (Å²) in [6.07, 6.45) is 0. The van der Waals surface area contributed by atoms with Gasteiger partial charge in [0.05, 0.1) is 22.2 Å². The van der Waals surface area contributed by atoms with Crippen molar-refractivity contribution in [3.63, 3.8) is 0 Å². The Morgan fingerprint density at radius 2 is 0.473 bits per heavy atom. The third-order valence-corrected chi connectivity index (χ3v) is 24.1. The van der Waals surface area contributed by atoms with Crippen molar-refractivity contribution in [2.75, 3.05) is 9.80 Å². The van der Waals surface area contributed by atoms with E-state index in [9.17, 15) is 0 Å². The lowest BCUT2D eigenvalue weighted by Gasteiger charge is -2.34. The van der Waals surface area contributed by atoms with E-state index >= 15 is 0 Å². The van der Waals surface area contributed by atoms with Gasteiger partial charge in [-0.3, -0.25) is 0 Å². The number of para-hydroxylation sites is 2. The number of rotatable bonds is 15. The third-order valence-electron chi connectivity index (χ3n) is 24.1. The standard InChI is InChI=1S/C110H80N2/c1-73-29-25-49-99(93-47-27-33-79-31-17-19-43-91(79)93)107(73)111(89-61-53-77(54-62-89)83-57-65-97-95-45-21-23-51-101(95)109(103(97)71-83,85-35-9-5-10-36-85)86-37-11-6-12-38-86)105-67-59-81(69-75(105)3)82-60-68-106(76(4)70-82)112(108-74(2)30-26-50-100(108)94-48-28-34-80-32-18-20-44-92(80)94)90-63-55-78(56-64-90)84-58-66-98-96-46-22-24-52-102(96)110(104(98)72-84,87-39-13-7-14-40-87)88-41-15-8-16-42-88/h5-72H,1-4H3. The molecule has 0 bridgehead atoms. The van der Waals surface area contributed by atoms with Gasteiger partial charge in [0.25, 0.3) is 0 Å². The monoisotopic (exact) mass is 1430 g/mol. The Morgan fingerprint density at radius 1 is 0.188 bits per heavy atom. The average molecular weight is 1430 g/mol. The normalized spacial score (nSPS) is 12.8. The van der Waals surface area contributed by atoms with E-state index in [1.165, 1.54) is 133 Å². The van der Waals surface area contributed by atoms with E-state index in [-0.39, 0.29) is 0 Å². The summed E-state index contributed by atoms with van der Waals surface area (Å²) in [5.74, 6) is 0. The molecule has 2 aliphatic carbocycles. The van der Waals surface area contributed by atoms with Crippen LogP contribution in [0.25, 0.3) is 99.4 Å². The Bertz CT molecular complexity index is 6160. The maximum atomic E-state index is 2.52. The van der Waals surface area contributed by atoms with Gasteiger partial charge < -0.3 is 9.80 Å². The van der Waals surface area contributed by atoms with Gasteiger partial charge in [-0.15, -0.1) is 0 Å². The molecule has 0 heterocycles. The van der Waals surface area contributed by atoms with Crippen LogP contribution in [0, 0.1) is 27.7 Å². The van der Waals surface area contributed by atoms with Crippen LogP contribution in [0.1, 0.15) is 66.8 Å². The van der Waals surface area contributed by atoms with Gasteiger partial charge in [0, 0.05) is 33.9 Å². The summed E-state index contributed by atoms with van der Waals surface area (Å²) in [7, 11) is 0. The van der Waals surface area contributed by atoms with Crippen molar-refractivity contribution in [1.29, 1.82) is 0 Å². The summed E-state index contributed by atoms with van der Waals surface area (Å²) in [6.45, 7) is 9.11. The van der Waals surface area contributed by atoms with Crippen LogP contribution in [0.4, 0.5) is 34.1 Å². The van der Waals surface area contributed by atoms with E-state index in [1.54, 1.807) is 0 Å². The first-order valence-corrected chi connectivity index (χ1v) is 39.1. The molecule has 0 aliphatic heterocycles. The lowest BCUT2D eigenvalue weighted by molar-refractivity contribution is 0.769. The molecule has 18 aromatic rings. The molecule has 530 valence electrons. The summed E-state index contributed by atoms with van der Waals surface area (Å²) in [6, 6.07) is 154. The summed E-state index contributed by atoms with van der Waals surface area (Å²) in [5, 5.41) is 4.87. The van der Waals surface area contributed by atoms with Gasteiger partial charge in [-0.05, 0) is 243 Å². The predicted octanol–water partition coefficient (Wildman–Crippen LogP) is 29.2. The zero-order valence-corrected chi connectivity index (χ0v) is 63.2. The molecule has 112 heavy (non-hydrogen) atoms. The number of hydrogen-bond donors (Lipinski definition) is 0. The maximum absolute atomic E-state index is 2.52. The SMILES string of the molecule is Cc1cc(-c2ccc(N(c3ccc(-c4ccc5c(c4)C(c4ccccc4)(c4ccccc4)c4ccccc4-5)cc3)c3c(C)cccc3-c3cccc4ccccc34)c(C)c2)ccc1N(c1ccc(-c2ccc3c(c2)C(c2ccccc2)(c2ccccc2)c2ccccc2-3)cc1)c1c(C)cccc1-c1cccc2ccccc12. The summed E-state index contributed by atoms with van der Waals surface area (Å²) < 4.78 is 0. The Hall–Kier alpha value is -13.9. The van der Waals surface area contributed by atoms with Gasteiger partial charge in [-0.2, -0.15) is 0 Å². The second kappa shape index (κ2) is 27.6. The van der Waals surface area contributed by atoms with Gasteiger partial charge in [-0.1, -0.05) is 352 Å². The molecular weight excluding hydrogens is 1350 g/mol. The van der Waals surface area contributed by atoms with Gasteiger partial charge in [0.1, 0.15) is 0 Å². The van der Waals surface area contributed by atoms with Crippen molar-refractivity contribution in [2.45, 2.75) is 38.5 Å². The highest BCUT2D eigenvalue weighted by molar-refractivity contribution is 6.05. The number of fused-ring (bicyclic) bond motifs is 8. The number of benzene rings is 18. The predicted molar refractivity (Wildman–Crippen MR) is 472 cm³/mol. The number of nitrogens with zero attached hydrogens (tertiary/aromatic N) is 2. The molecule has 0 radical (unpaired) electrons. The summed E-state index contributed by atoms with van der Waals surface area (Å²) in [4.78, 5) is 5.04. The van der Waals surface area contributed by atoms with Crippen LogP contribution < -0.4 is 9.80 Å². The molecule has 20 rings (SSSR count). The van der Waals surface area contributed by atoms with Gasteiger partial charge >= 0.3 is 0 Å². The molecule has 0 N–H and O–H groups in total. The molecule has 0 spiro atoms. The van der Waals surface area contributed by atoms with Crippen molar-refractivity contribution in [3.05, 3.63) is 479 Å². The van der Waals surface area contributed by atoms with Gasteiger partial charge in [0.15, 0.2) is 0 Å². The maximum Gasteiger partial charge on any atom is 0.0713 e. The van der Waals surface area contributed by atoms with Crippen molar-refractivity contribution in [1.82, 2.24) is 0 Å². The highest BCUT2D eigenvalue weighted by Gasteiger charge is 2.48. The smallest absolute Gasteiger partial charge is 0.0713 e. The van der Waals surface area contributed by atoms with E-state index in [4.69, 9.17) is 0 Å². The van der Waals surface area contributed by atoms with Crippen molar-refractivity contribution < 1.29 is 0 Å². The molecule has 0 atom stereocenters. The highest BCUT2D eigenvalue weighted by Crippen LogP contribution is 2.60. The largest absolute Gasteiger partial charge is 0.309 e. The zero-order valence-electron chi connectivity index (χ0n) is 63.2. The lowest BCUT2D eigenvalue weighted by atomic mass is 9.67. The molecule has 2 nitrogen and oxygen atoms in total. The third kappa shape index (κ3) is 10.9. The topological polar surface area (TPSA) is 6.48 Å². The second-order valence-electron chi connectivity index (χ2n) is 30.3. The van der Waals surface area contributed by atoms with Crippen molar-refractivity contribution in [3.8, 4) is 77.9 Å². The first-order valence-electron chi connectivity index (χ1n) is 39.1. The van der Waals surface area contributed by atoms with Crippen LogP contribution in [0.15, 0.2) is 413 Å². The molecule has 0 saturated carbocycles. The molecule has 0 amide bonds. The Morgan fingerprint density at radius 3 is 0.857 bits per heavy atom. The van der Waals surface area contributed by atoms with Crippen LogP contribution in [0.3, 0.4) is 0 Å². The fourth-order valence-electron chi connectivity index (χ4n) is 19.1. The van der Waals surface area contributed by atoms with Crippen LogP contribution in [0.5, 0.6) is 0 Å². The molecule has 18 aromatic carbocycles. The van der Waals surface area contributed by atoms with E-state index in [0.29, 0.717) is 0 Å². The quantitative estimate of drug-likeness (QED) is 0.101. The van der Waals surface area contributed by atoms with Crippen molar-refractivity contribution in [2.24, 2.45) is 0 Å². The molecule has 2 heteroatoms. The average Bonchev–Trinajstić information content (AvgIpc) is 1.53. The fourth-order valence-corrected chi connectivity index (χ4v) is 19.1. The van der Waals surface area contributed by atoms with Gasteiger partial charge in [-0.25, -0.2) is 0 Å². The number of anilines is 6. The van der Waals surface area contributed by atoms with Crippen LogP contribution in [-0.4, -0.2) is 0 Å². The molecule has 2 aliphatic rings. The van der Waals surface area contributed by atoms with Crippen LogP contribution >= 0.6 is 0 Å². The van der Waals surface area contributed by atoms with E-state index in [1.807, 2.05) is 0 Å². The van der Waals surface area contributed by atoms with Crippen molar-refractivity contribution >= 4 is 55.7 Å². The first-order chi connectivity index (χ1) is 55.2. The molecule has 0 saturated heterocycles. The number of hydrogen-bond acceptors (Lipinski definition) is 2. The minimum Gasteiger partial charge on any atom is -0.309 e. The lowest BCUT2D eigenvalue weighted by Crippen LogP contribution is -2.28. The van der Waals surface area contributed by atoms with Crippen LogP contribution in [-0.2, 0) is 10.8 Å². The van der Waals surface area contributed by atoms with Crippen LogP contribution in [0.2, 0.25) is 0 Å². The second-order valence-corrected chi connectivity index (χ2v) is 30.3. The minimum atomic E-state index is -0.505. The summed E-state index contributed by atoms with van der Waals surface area (Å²) in [5.41, 5.74) is 37.4. The van der Waals surface area contributed by atoms with E-state index in [2.05, 4.69) is 450 Å². The molecule has 0 unspecified atom stereocenters. The highest BCUT2D eigenvalue weighted by atomic mass is 15.2. The van der Waals surface area contributed by atoms with Gasteiger partial charge in [0.2, 0.25) is 0 Å². The molecular formula is C110H80N2. The Labute approximate surface area is 656 Å². The number of aryl methyl sites for hydroxylation is 4. The molecule has 0 fully saturated rings. The summed E-state index contributed by atoms with van der Waals surface area (Å²) >= 11 is 0.